The molecular weight excluding hydrogens is 312 g/mol. The Kier molecular flexibility index (Phi) is 4.64. The van der Waals surface area contributed by atoms with Crippen molar-refractivity contribution in [3.63, 3.8) is 0 Å². The van der Waals surface area contributed by atoms with E-state index in [9.17, 15) is 4.79 Å². The summed E-state index contributed by atoms with van der Waals surface area (Å²) in [6.07, 6.45) is 1.97. The average Bonchev–Trinajstić information content (AvgIpc) is 2.92. The maximum atomic E-state index is 13.0. The van der Waals surface area contributed by atoms with Crippen LogP contribution >= 0.6 is 23.5 Å². The molecular formula is C17H20N2OS2. The third-order valence-electron chi connectivity index (χ3n) is 3.57. The fraction of sp³-hybridized carbons (Fsp3) is 0.412. The number of fused-ring (bicyclic) bond motifs is 1. The van der Waals surface area contributed by atoms with Crippen molar-refractivity contribution in [2.24, 2.45) is 0 Å². The number of hydrogen-bond donors (Lipinski definition) is 0. The summed E-state index contributed by atoms with van der Waals surface area (Å²) >= 11 is 3.32. The van der Waals surface area contributed by atoms with Crippen molar-refractivity contribution in [3.8, 4) is 5.69 Å². The van der Waals surface area contributed by atoms with Gasteiger partial charge in [-0.1, -0.05) is 24.8 Å². The highest BCUT2D eigenvalue weighted by Gasteiger charge is 2.22. The van der Waals surface area contributed by atoms with Crippen LogP contribution in [0.5, 0.6) is 0 Å². The second-order valence-corrected chi connectivity index (χ2v) is 7.77. The zero-order valence-electron chi connectivity index (χ0n) is 13.2. The lowest BCUT2D eigenvalue weighted by Gasteiger charge is -2.14. The standard InChI is InChI=1S/C17H20N2OS2/c1-4-6-22-17-18-14-5-7-21-15(14)16(20)19(17)13-9-11(2)8-12(3)10-13/h8-10H,4-7H2,1-3H3. The minimum atomic E-state index is 0.0936. The van der Waals surface area contributed by atoms with Gasteiger partial charge in [-0.05, 0) is 43.5 Å². The molecule has 1 aliphatic rings. The maximum Gasteiger partial charge on any atom is 0.272 e. The Labute approximate surface area is 139 Å². The quantitative estimate of drug-likeness (QED) is 0.626. The van der Waals surface area contributed by atoms with Gasteiger partial charge in [0.1, 0.15) is 0 Å². The van der Waals surface area contributed by atoms with Crippen molar-refractivity contribution in [2.75, 3.05) is 11.5 Å². The number of nitrogens with zero attached hydrogens (tertiary/aromatic N) is 2. The van der Waals surface area contributed by atoms with Crippen LogP contribution in [0.1, 0.15) is 30.2 Å². The largest absolute Gasteiger partial charge is 0.272 e. The summed E-state index contributed by atoms with van der Waals surface area (Å²) < 4.78 is 1.80. The van der Waals surface area contributed by atoms with Gasteiger partial charge in [0.05, 0.1) is 16.3 Å². The van der Waals surface area contributed by atoms with Crippen LogP contribution in [0, 0.1) is 13.8 Å². The average molecular weight is 332 g/mol. The number of rotatable bonds is 4. The lowest BCUT2D eigenvalue weighted by Crippen LogP contribution is -2.24. The second kappa shape index (κ2) is 6.50. The first kappa shape index (κ1) is 15.7. The first-order valence-corrected chi connectivity index (χ1v) is 9.57. The monoisotopic (exact) mass is 332 g/mol. The van der Waals surface area contributed by atoms with Crippen molar-refractivity contribution >= 4 is 23.5 Å². The molecule has 0 spiro atoms. The third kappa shape index (κ3) is 2.97. The van der Waals surface area contributed by atoms with Gasteiger partial charge < -0.3 is 0 Å². The molecule has 1 aromatic carbocycles. The van der Waals surface area contributed by atoms with Gasteiger partial charge in [0, 0.05) is 17.9 Å². The Hall–Kier alpha value is -1.20. The first-order valence-electron chi connectivity index (χ1n) is 7.60. The molecule has 5 heteroatoms. The predicted molar refractivity (Wildman–Crippen MR) is 94.8 cm³/mol. The molecule has 0 bridgehead atoms. The molecule has 3 nitrogen and oxygen atoms in total. The minimum Gasteiger partial charge on any atom is -0.268 e. The number of aromatic nitrogens is 2. The Morgan fingerprint density at radius 3 is 2.68 bits per heavy atom. The van der Waals surface area contributed by atoms with Gasteiger partial charge in [0.2, 0.25) is 0 Å². The molecule has 0 radical (unpaired) electrons. The van der Waals surface area contributed by atoms with Crippen LogP contribution in [-0.4, -0.2) is 21.1 Å². The van der Waals surface area contributed by atoms with E-state index in [0.717, 1.165) is 45.8 Å². The van der Waals surface area contributed by atoms with E-state index in [0.29, 0.717) is 0 Å². The van der Waals surface area contributed by atoms with Gasteiger partial charge in [-0.2, -0.15) is 0 Å². The molecule has 22 heavy (non-hydrogen) atoms. The van der Waals surface area contributed by atoms with E-state index in [2.05, 4.69) is 39.0 Å². The number of thioether (sulfide) groups is 2. The van der Waals surface area contributed by atoms with Crippen LogP contribution in [0.3, 0.4) is 0 Å². The van der Waals surface area contributed by atoms with Gasteiger partial charge in [0.15, 0.2) is 5.16 Å². The van der Waals surface area contributed by atoms with E-state index >= 15 is 0 Å². The summed E-state index contributed by atoms with van der Waals surface area (Å²) in [7, 11) is 0. The van der Waals surface area contributed by atoms with Gasteiger partial charge in [-0.15, -0.1) is 11.8 Å². The molecule has 1 aromatic heterocycles. The van der Waals surface area contributed by atoms with Gasteiger partial charge in [-0.25, -0.2) is 4.98 Å². The van der Waals surface area contributed by atoms with E-state index in [4.69, 9.17) is 4.98 Å². The highest BCUT2D eigenvalue weighted by atomic mass is 32.2. The Balaban J connectivity index is 2.21. The summed E-state index contributed by atoms with van der Waals surface area (Å²) in [5, 5.41) is 0.832. The number of benzene rings is 1. The first-order chi connectivity index (χ1) is 10.6. The molecule has 0 unspecified atom stereocenters. The maximum absolute atomic E-state index is 13.0. The Bertz CT molecular complexity index is 748. The molecule has 3 rings (SSSR count). The molecule has 2 heterocycles. The highest BCUT2D eigenvalue weighted by Crippen LogP contribution is 2.30. The SMILES string of the molecule is CCCSc1nc2c(c(=O)n1-c1cc(C)cc(C)c1)SCC2. The van der Waals surface area contributed by atoms with Crippen LogP contribution in [0.4, 0.5) is 0 Å². The Morgan fingerprint density at radius 1 is 1.27 bits per heavy atom. The van der Waals surface area contributed by atoms with Crippen molar-refractivity contribution in [3.05, 3.63) is 45.4 Å². The van der Waals surface area contributed by atoms with E-state index in [1.807, 2.05) is 0 Å². The fourth-order valence-electron chi connectivity index (χ4n) is 2.69. The Morgan fingerprint density at radius 2 is 2.00 bits per heavy atom. The van der Waals surface area contributed by atoms with Gasteiger partial charge in [0.25, 0.3) is 5.56 Å². The predicted octanol–water partition coefficient (Wildman–Crippen LogP) is 4.00. The molecule has 0 N–H and O–H groups in total. The summed E-state index contributed by atoms with van der Waals surface area (Å²) in [5.74, 6) is 1.94. The van der Waals surface area contributed by atoms with E-state index in [1.54, 1.807) is 28.1 Å². The van der Waals surface area contributed by atoms with Crippen LogP contribution in [-0.2, 0) is 6.42 Å². The van der Waals surface area contributed by atoms with Gasteiger partial charge in [-0.3, -0.25) is 9.36 Å². The van der Waals surface area contributed by atoms with Crippen LogP contribution in [0.25, 0.3) is 5.69 Å². The van der Waals surface area contributed by atoms with Crippen molar-refractivity contribution < 1.29 is 0 Å². The molecule has 116 valence electrons. The van der Waals surface area contributed by atoms with Crippen molar-refractivity contribution in [1.29, 1.82) is 0 Å². The smallest absolute Gasteiger partial charge is 0.268 e. The lowest BCUT2D eigenvalue weighted by molar-refractivity contribution is 0.738. The molecule has 0 aliphatic carbocycles. The molecule has 2 aromatic rings. The number of aryl methyl sites for hydroxylation is 3. The second-order valence-electron chi connectivity index (χ2n) is 5.60. The number of hydrogen-bond acceptors (Lipinski definition) is 4. The summed E-state index contributed by atoms with van der Waals surface area (Å²) in [5.41, 5.74) is 4.34. The topological polar surface area (TPSA) is 34.9 Å². The zero-order chi connectivity index (χ0) is 15.7. The zero-order valence-corrected chi connectivity index (χ0v) is 14.8. The summed E-state index contributed by atoms with van der Waals surface area (Å²) in [6.45, 7) is 6.28. The highest BCUT2D eigenvalue weighted by molar-refractivity contribution is 7.99. The van der Waals surface area contributed by atoms with Crippen molar-refractivity contribution in [1.82, 2.24) is 9.55 Å². The molecule has 0 amide bonds. The molecule has 0 atom stereocenters. The van der Waals surface area contributed by atoms with E-state index in [1.165, 1.54) is 11.1 Å². The normalized spacial score (nSPS) is 13.4. The van der Waals surface area contributed by atoms with E-state index < -0.39 is 0 Å². The molecule has 1 aliphatic heterocycles. The van der Waals surface area contributed by atoms with Crippen LogP contribution < -0.4 is 5.56 Å². The van der Waals surface area contributed by atoms with Gasteiger partial charge >= 0.3 is 0 Å². The lowest BCUT2D eigenvalue weighted by atomic mass is 10.1. The van der Waals surface area contributed by atoms with Crippen LogP contribution in [0.15, 0.2) is 33.0 Å². The minimum absolute atomic E-state index is 0.0936. The van der Waals surface area contributed by atoms with Crippen molar-refractivity contribution in [2.45, 2.75) is 43.7 Å². The fourth-order valence-corrected chi connectivity index (χ4v) is 4.60. The molecule has 0 fully saturated rings. The summed E-state index contributed by atoms with van der Waals surface area (Å²) in [4.78, 5) is 18.6. The van der Waals surface area contributed by atoms with E-state index in [-0.39, 0.29) is 5.56 Å². The third-order valence-corrected chi connectivity index (χ3v) is 5.82. The van der Waals surface area contributed by atoms with Crippen LogP contribution in [0.2, 0.25) is 0 Å². The summed E-state index contributed by atoms with van der Waals surface area (Å²) in [6, 6.07) is 6.26. The molecule has 0 saturated carbocycles. The molecule has 0 saturated heterocycles.